The van der Waals surface area contributed by atoms with Gasteiger partial charge in [-0.1, -0.05) is 58.4 Å². The number of ether oxygens (including phenoxy) is 2. The average Bonchev–Trinajstić information content (AvgIpc) is 3.24. The van der Waals surface area contributed by atoms with Crippen molar-refractivity contribution in [1.82, 2.24) is 5.01 Å². The predicted octanol–water partition coefficient (Wildman–Crippen LogP) is 6.56. The quantitative estimate of drug-likeness (QED) is 0.392. The number of halogens is 1. The van der Waals surface area contributed by atoms with Gasteiger partial charge in [0.25, 0.3) is 0 Å². The van der Waals surface area contributed by atoms with Gasteiger partial charge in [0, 0.05) is 22.0 Å². The van der Waals surface area contributed by atoms with Gasteiger partial charge in [0.2, 0.25) is 6.23 Å². The molecule has 4 nitrogen and oxygen atoms in total. The molecule has 3 aromatic carbocycles. The molecular weight excluding hydrogens is 452 g/mol. The summed E-state index contributed by atoms with van der Waals surface area (Å²) >= 11 is 3.61. The summed E-state index contributed by atoms with van der Waals surface area (Å²) in [4.78, 5) is 0. The van der Waals surface area contributed by atoms with E-state index in [2.05, 4.69) is 76.9 Å². The Morgan fingerprint density at radius 3 is 2.65 bits per heavy atom. The van der Waals surface area contributed by atoms with Crippen molar-refractivity contribution in [2.45, 2.75) is 25.6 Å². The molecule has 0 bridgehead atoms. The highest BCUT2D eigenvalue weighted by Crippen LogP contribution is 2.48. The number of hydrogen-bond acceptors (Lipinski definition) is 4. The normalized spacial score (nSPS) is 19.2. The van der Waals surface area contributed by atoms with E-state index in [1.807, 2.05) is 24.3 Å². The van der Waals surface area contributed by atoms with Crippen molar-refractivity contribution in [2.75, 3.05) is 6.61 Å². The predicted molar refractivity (Wildman–Crippen MR) is 127 cm³/mol. The Bertz CT molecular complexity index is 1140. The van der Waals surface area contributed by atoms with Gasteiger partial charge in [-0.25, -0.2) is 5.01 Å². The van der Waals surface area contributed by atoms with Crippen LogP contribution in [0.5, 0.6) is 11.5 Å². The molecule has 2 aliphatic rings. The summed E-state index contributed by atoms with van der Waals surface area (Å²) in [5, 5.41) is 7.14. The largest absolute Gasteiger partial charge is 0.490 e. The molecule has 0 radical (unpaired) electrons. The van der Waals surface area contributed by atoms with E-state index in [1.54, 1.807) is 6.08 Å². The number of hydrazone groups is 1. The van der Waals surface area contributed by atoms with Gasteiger partial charge in [-0.15, -0.1) is 0 Å². The van der Waals surface area contributed by atoms with Gasteiger partial charge in [-0.2, -0.15) is 5.10 Å². The second-order valence-corrected chi connectivity index (χ2v) is 8.75. The summed E-state index contributed by atoms with van der Waals surface area (Å²) in [6.07, 6.45) is 2.31. The van der Waals surface area contributed by atoms with Crippen LogP contribution in [0.3, 0.4) is 0 Å². The van der Waals surface area contributed by atoms with Crippen LogP contribution in [0, 0.1) is 6.92 Å². The molecule has 0 spiro atoms. The van der Waals surface area contributed by atoms with Gasteiger partial charge in [0.1, 0.15) is 18.1 Å². The Morgan fingerprint density at radius 2 is 1.90 bits per heavy atom. The third-order valence-corrected chi connectivity index (χ3v) is 6.16. The van der Waals surface area contributed by atoms with E-state index >= 15 is 0 Å². The number of fused-ring (bicyclic) bond motifs is 3. The fourth-order valence-corrected chi connectivity index (χ4v) is 4.46. The lowest BCUT2D eigenvalue weighted by molar-refractivity contribution is -0.0190. The van der Waals surface area contributed by atoms with Crippen molar-refractivity contribution in [2.24, 2.45) is 5.10 Å². The molecule has 0 unspecified atom stereocenters. The maximum absolute atomic E-state index is 6.44. The fourth-order valence-electron chi connectivity index (χ4n) is 4.08. The van der Waals surface area contributed by atoms with Crippen LogP contribution in [0.2, 0.25) is 0 Å². The van der Waals surface area contributed by atoms with Gasteiger partial charge in [0.15, 0.2) is 0 Å². The lowest BCUT2D eigenvalue weighted by Crippen LogP contribution is -2.33. The number of rotatable bonds is 5. The molecule has 0 N–H and O–H groups in total. The lowest BCUT2D eigenvalue weighted by Gasteiger charge is -2.38. The van der Waals surface area contributed by atoms with E-state index in [9.17, 15) is 0 Å². The van der Waals surface area contributed by atoms with Crippen LogP contribution >= 0.6 is 15.9 Å². The van der Waals surface area contributed by atoms with Crippen molar-refractivity contribution >= 4 is 21.6 Å². The van der Waals surface area contributed by atoms with Crippen LogP contribution in [0.1, 0.15) is 40.9 Å². The van der Waals surface area contributed by atoms with E-state index < -0.39 is 0 Å². The molecular formula is C26H23BrN2O2. The first-order valence-corrected chi connectivity index (χ1v) is 11.1. The van der Waals surface area contributed by atoms with Gasteiger partial charge >= 0.3 is 0 Å². The SMILES string of the molecule is C=CCOc1ccc(C2=NN3[C@@H](c4ccc(C)cc4)Oc4ccc(Br)cc4[C@@H]3C2)cc1. The minimum atomic E-state index is -0.257. The Labute approximate surface area is 190 Å². The van der Waals surface area contributed by atoms with Crippen molar-refractivity contribution in [1.29, 1.82) is 0 Å². The smallest absolute Gasteiger partial charge is 0.213 e. The number of nitrogens with zero attached hydrogens (tertiary/aromatic N) is 2. The third-order valence-electron chi connectivity index (χ3n) is 5.67. The first kappa shape index (κ1) is 19.9. The Kier molecular flexibility index (Phi) is 5.28. The standard InChI is InChI=1S/C26H23BrN2O2/c1-3-14-30-21-11-8-18(9-12-21)23-16-24-22-15-20(27)10-13-25(22)31-26(29(24)28-23)19-6-4-17(2)5-7-19/h3-13,15,24,26H,1,14,16H2,2H3/t24-,26+/m0/s1. The van der Waals surface area contributed by atoms with Crippen molar-refractivity contribution in [3.05, 3.63) is 106 Å². The molecule has 0 aliphatic carbocycles. The van der Waals surface area contributed by atoms with Crippen LogP contribution < -0.4 is 9.47 Å². The molecule has 0 aromatic heterocycles. The zero-order valence-electron chi connectivity index (χ0n) is 17.3. The van der Waals surface area contributed by atoms with E-state index in [1.165, 1.54) is 5.56 Å². The molecule has 5 rings (SSSR count). The monoisotopic (exact) mass is 474 g/mol. The molecule has 2 aliphatic heterocycles. The summed E-state index contributed by atoms with van der Waals surface area (Å²) in [6, 6.07) is 22.9. The number of hydrogen-bond donors (Lipinski definition) is 0. The molecule has 31 heavy (non-hydrogen) atoms. The second-order valence-electron chi connectivity index (χ2n) is 7.83. The van der Waals surface area contributed by atoms with Crippen LogP contribution in [-0.2, 0) is 0 Å². The zero-order valence-corrected chi connectivity index (χ0v) is 18.9. The first-order chi connectivity index (χ1) is 15.1. The number of aryl methyl sites for hydroxylation is 1. The molecule has 2 atom stereocenters. The minimum absolute atomic E-state index is 0.124. The Balaban J connectivity index is 1.51. The lowest BCUT2D eigenvalue weighted by atomic mass is 9.96. The van der Waals surface area contributed by atoms with Gasteiger partial charge < -0.3 is 9.47 Å². The third kappa shape index (κ3) is 3.86. The summed E-state index contributed by atoms with van der Waals surface area (Å²) in [5.74, 6) is 1.75. The number of benzene rings is 3. The molecule has 0 saturated heterocycles. The maximum atomic E-state index is 6.44. The summed E-state index contributed by atoms with van der Waals surface area (Å²) in [6.45, 7) is 6.28. The molecule has 5 heteroatoms. The molecule has 2 heterocycles. The summed E-state index contributed by atoms with van der Waals surface area (Å²) < 4.78 is 13.1. The van der Waals surface area contributed by atoms with E-state index in [0.29, 0.717) is 6.61 Å². The molecule has 0 amide bonds. The van der Waals surface area contributed by atoms with E-state index in [-0.39, 0.29) is 12.3 Å². The minimum Gasteiger partial charge on any atom is -0.490 e. The van der Waals surface area contributed by atoms with Gasteiger partial charge in [-0.3, -0.25) is 0 Å². The maximum Gasteiger partial charge on any atom is 0.213 e. The van der Waals surface area contributed by atoms with Crippen molar-refractivity contribution in [3.8, 4) is 11.5 Å². The van der Waals surface area contributed by atoms with Crippen LogP contribution in [0.4, 0.5) is 0 Å². The highest BCUT2D eigenvalue weighted by atomic mass is 79.9. The molecule has 0 saturated carbocycles. The molecule has 0 fully saturated rings. The average molecular weight is 475 g/mol. The van der Waals surface area contributed by atoms with Crippen LogP contribution in [0.15, 0.2) is 89.0 Å². The summed E-state index contributed by atoms with van der Waals surface area (Å²) in [7, 11) is 0. The summed E-state index contributed by atoms with van der Waals surface area (Å²) in [5.41, 5.74) is 5.63. The fraction of sp³-hybridized carbons (Fsp3) is 0.192. The zero-order chi connectivity index (χ0) is 21.4. The Hall–Kier alpha value is -3.05. The topological polar surface area (TPSA) is 34.1 Å². The van der Waals surface area contributed by atoms with Gasteiger partial charge in [-0.05, 0) is 55.0 Å². The molecule has 156 valence electrons. The van der Waals surface area contributed by atoms with Crippen molar-refractivity contribution in [3.63, 3.8) is 0 Å². The first-order valence-electron chi connectivity index (χ1n) is 10.3. The highest BCUT2D eigenvalue weighted by molar-refractivity contribution is 9.10. The van der Waals surface area contributed by atoms with E-state index in [4.69, 9.17) is 14.6 Å². The van der Waals surface area contributed by atoms with Crippen LogP contribution in [-0.4, -0.2) is 17.3 Å². The van der Waals surface area contributed by atoms with Crippen molar-refractivity contribution < 1.29 is 9.47 Å². The van der Waals surface area contributed by atoms with E-state index in [0.717, 1.165) is 44.8 Å². The van der Waals surface area contributed by atoms with Gasteiger partial charge in [0.05, 0.1) is 11.8 Å². The molecule has 3 aromatic rings. The second kappa shape index (κ2) is 8.23. The highest BCUT2D eigenvalue weighted by Gasteiger charge is 2.41. The Morgan fingerprint density at radius 1 is 1.13 bits per heavy atom. The van der Waals surface area contributed by atoms with Crippen LogP contribution in [0.25, 0.3) is 0 Å².